The summed E-state index contributed by atoms with van der Waals surface area (Å²) >= 11 is 12.0. The van der Waals surface area contributed by atoms with Crippen LogP contribution in [0, 0.1) is 0 Å². The van der Waals surface area contributed by atoms with Crippen LogP contribution in [0.25, 0.3) is 0 Å². The van der Waals surface area contributed by atoms with Crippen molar-refractivity contribution in [3.8, 4) is 0 Å². The molecular formula is C13H15Cl2N3O2. The van der Waals surface area contributed by atoms with E-state index in [4.69, 9.17) is 38.2 Å². The second kappa shape index (κ2) is 7.04. The lowest BCUT2D eigenvalue weighted by Gasteiger charge is -2.04. The Labute approximate surface area is 127 Å². The maximum Gasteiger partial charge on any atom is 0.243 e. The number of hydrogen-bond donors (Lipinski definition) is 1. The van der Waals surface area contributed by atoms with Crippen molar-refractivity contribution in [1.82, 2.24) is 10.1 Å². The normalized spacial score (nSPS) is 12.6. The summed E-state index contributed by atoms with van der Waals surface area (Å²) in [6.07, 6.45) is 1.09. The molecule has 1 aromatic heterocycles. The zero-order valence-corrected chi connectivity index (χ0v) is 12.5. The van der Waals surface area contributed by atoms with Crippen molar-refractivity contribution >= 4 is 23.2 Å². The van der Waals surface area contributed by atoms with Crippen LogP contribution in [0.5, 0.6) is 0 Å². The number of nitrogens with zero attached hydrogens (tertiary/aromatic N) is 2. The fourth-order valence-corrected chi connectivity index (χ4v) is 2.17. The first-order valence-corrected chi connectivity index (χ1v) is 6.86. The van der Waals surface area contributed by atoms with E-state index in [0.717, 1.165) is 5.56 Å². The highest BCUT2D eigenvalue weighted by atomic mass is 35.5. The molecule has 0 saturated heterocycles. The molecule has 0 fully saturated rings. The van der Waals surface area contributed by atoms with Gasteiger partial charge in [0.1, 0.15) is 0 Å². The maximum absolute atomic E-state index is 6.11. The lowest BCUT2D eigenvalue weighted by molar-refractivity contribution is 0.182. The van der Waals surface area contributed by atoms with E-state index in [2.05, 4.69) is 10.1 Å². The summed E-state index contributed by atoms with van der Waals surface area (Å²) in [4.78, 5) is 4.27. The summed E-state index contributed by atoms with van der Waals surface area (Å²) in [5, 5.41) is 5.07. The van der Waals surface area contributed by atoms with Crippen LogP contribution in [-0.2, 0) is 11.2 Å². The molecular weight excluding hydrogens is 301 g/mol. The van der Waals surface area contributed by atoms with E-state index in [9.17, 15) is 0 Å². The van der Waals surface area contributed by atoms with Crippen molar-refractivity contribution in [3.05, 3.63) is 45.5 Å². The van der Waals surface area contributed by atoms with Gasteiger partial charge in [0.25, 0.3) is 0 Å². The van der Waals surface area contributed by atoms with E-state index in [1.165, 1.54) is 0 Å². The van der Waals surface area contributed by atoms with Gasteiger partial charge in [-0.2, -0.15) is 4.98 Å². The number of halogens is 2. The molecule has 1 unspecified atom stereocenters. The molecule has 2 N–H and O–H groups in total. The third-order valence-corrected chi connectivity index (χ3v) is 3.38. The van der Waals surface area contributed by atoms with E-state index in [-0.39, 0.29) is 6.04 Å². The van der Waals surface area contributed by atoms with Gasteiger partial charge in [-0.05, 0) is 24.1 Å². The molecule has 108 valence electrons. The van der Waals surface area contributed by atoms with Gasteiger partial charge >= 0.3 is 0 Å². The predicted molar refractivity (Wildman–Crippen MR) is 77.0 cm³/mol. The van der Waals surface area contributed by atoms with Crippen molar-refractivity contribution in [3.63, 3.8) is 0 Å². The summed E-state index contributed by atoms with van der Waals surface area (Å²) in [6.45, 7) is 0.544. The Morgan fingerprint density at radius 2 is 2.20 bits per heavy atom. The largest absolute Gasteiger partial charge is 0.385 e. The predicted octanol–water partition coefficient (Wildman–Crippen LogP) is 3.00. The topological polar surface area (TPSA) is 74.2 Å². The second-order valence-electron chi connectivity index (χ2n) is 4.35. The molecule has 0 aliphatic carbocycles. The molecule has 20 heavy (non-hydrogen) atoms. The zero-order chi connectivity index (χ0) is 14.5. The average molecular weight is 316 g/mol. The Bertz CT molecular complexity index is 574. The molecule has 2 aromatic rings. The molecule has 0 bridgehead atoms. The minimum atomic E-state index is -0.322. The second-order valence-corrected chi connectivity index (χ2v) is 5.19. The number of nitrogens with two attached hydrogens (primary N) is 1. The number of benzene rings is 1. The summed E-state index contributed by atoms with van der Waals surface area (Å²) < 4.78 is 10.1. The molecule has 1 heterocycles. The number of rotatable bonds is 6. The lowest BCUT2D eigenvalue weighted by Crippen LogP contribution is -2.13. The quantitative estimate of drug-likeness (QED) is 0.887. The van der Waals surface area contributed by atoms with E-state index >= 15 is 0 Å². The Morgan fingerprint density at radius 3 is 2.90 bits per heavy atom. The van der Waals surface area contributed by atoms with Gasteiger partial charge in [0.05, 0.1) is 6.04 Å². The van der Waals surface area contributed by atoms with E-state index in [1.54, 1.807) is 19.2 Å². The van der Waals surface area contributed by atoms with E-state index in [1.807, 2.05) is 6.07 Å². The van der Waals surface area contributed by atoms with Crippen LogP contribution in [0.2, 0.25) is 10.0 Å². The average Bonchev–Trinajstić information content (AvgIpc) is 2.88. The first kappa shape index (κ1) is 15.3. The minimum Gasteiger partial charge on any atom is -0.385 e. The Kier molecular flexibility index (Phi) is 5.37. The number of hydrogen-bond acceptors (Lipinski definition) is 5. The van der Waals surface area contributed by atoms with Crippen LogP contribution in [0.3, 0.4) is 0 Å². The van der Waals surface area contributed by atoms with Gasteiger partial charge in [0.2, 0.25) is 5.89 Å². The summed E-state index contributed by atoms with van der Waals surface area (Å²) in [7, 11) is 1.62. The van der Waals surface area contributed by atoms with Crippen molar-refractivity contribution in [2.24, 2.45) is 5.73 Å². The van der Waals surface area contributed by atoms with Crippen LogP contribution >= 0.6 is 23.2 Å². The Morgan fingerprint density at radius 1 is 1.40 bits per heavy atom. The smallest absolute Gasteiger partial charge is 0.243 e. The van der Waals surface area contributed by atoms with Crippen molar-refractivity contribution in [1.29, 1.82) is 0 Å². The molecule has 1 atom stereocenters. The molecule has 2 rings (SSSR count). The third-order valence-electron chi connectivity index (χ3n) is 2.80. The third kappa shape index (κ3) is 3.93. The molecule has 0 spiro atoms. The number of methoxy groups -OCH3 is 1. The maximum atomic E-state index is 6.11. The van der Waals surface area contributed by atoms with Gasteiger partial charge in [-0.1, -0.05) is 34.4 Å². The zero-order valence-electron chi connectivity index (χ0n) is 11.0. The van der Waals surface area contributed by atoms with Crippen molar-refractivity contribution in [2.45, 2.75) is 18.9 Å². The molecule has 0 aliphatic rings. The van der Waals surface area contributed by atoms with Gasteiger partial charge in [-0.3, -0.25) is 0 Å². The molecule has 0 amide bonds. The standard InChI is InChI=1S/C13H15Cl2N3O2/c1-19-5-4-11(16)13-17-12(18-20-13)6-8-2-3-9(14)7-10(8)15/h2-3,7,11H,4-6,16H2,1H3. The molecule has 0 radical (unpaired) electrons. The molecule has 0 aliphatic heterocycles. The van der Waals surface area contributed by atoms with Crippen molar-refractivity contribution < 1.29 is 9.26 Å². The first-order valence-electron chi connectivity index (χ1n) is 6.11. The van der Waals surface area contributed by atoms with Crippen LogP contribution in [0.15, 0.2) is 22.7 Å². The van der Waals surface area contributed by atoms with Crippen LogP contribution in [0.1, 0.15) is 29.7 Å². The monoisotopic (exact) mass is 315 g/mol. The van der Waals surface area contributed by atoms with E-state index in [0.29, 0.717) is 41.2 Å². The molecule has 7 heteroatoms. The highest BCUT2D eigenvalue weighted by molar-refractivity contribution is 6.35. The summed E-state index contributed by atoms with van der Waals surface area (Å²) in [6, 6.07) is 4.97. The van der Waals surface area contributed by atoms with Gasteiger partial charge in [-0.25, -0.2) is 0 Å². The van der Waals surface area contributed by atoms with E-state index < -0.39 is 0 Å². The van der Waals surface area contributed by atoms with Gasteiger partial charge < -0.3 is 15.0 Å². The van der Waals surface area contributed by atoms with Gasteiger partial charge in [0.15, 0.2) is 5.82 Å². The minimum absolute atomic E-state index is 0.322. The van der Waals surface area contributed by atoms with Crippen LogP contribution < -0.4 is 5.73 Å². The highest BCUT2D eigenvalue weighted by Gasteiger charge is 2.15. The molecule has 1 aromatic carbocycles. The highest BCUT2D eigenvalue weighted by Crippen LogP contribution is 2.23. The molecule has 5 nitrogen and oxygen atoms in total. The summed E-state index contributed by atoms with van der Waals surface area (Å²) in [5.41, 5.74) is 6.80. The van der Waals surface area contributed by atoms with Gasteiger partial charge in [-0.15, -0.1) is 0 Å². The Hall–Kier alpha value is -1.14. The number of aromatic nitrogens is 2. The van der Waals surface area contributed by atoms with Crippen LogP contribution in [-0.4, -0.2) is 23.9 Å². The fraction of sp³-hybridized carbons (Fsp3) is 0.385. The Balaban J connectivity index is 2.05. The molecule has 0 saturated carbocycles. The fourth-order valence-electron chi connectivity index (χ4n) is 1.69. The van der Waals surface area contributed by atoms with Crippen molar-refractivity contribution in [2.75, 3.05) is 13.7 Å². The van der Waals surface area contributed by atoms with Crippen LogP contribution in [0.4, 0.5) is 0 Å². The van der Waals surface area contributed by atoms with Gasteiger partial charge in [0, 0.05) is 30.2 Å². The number of ether oxygens (including phenoxy) is 1. The SMILES string of the molecule is COCCC(N)c1nc(Cc2ccc(Cl)cc2Cl)no1. The first-order chi connectivity index (χ1) is 9.60. The lowest BCUT2D eigenvalue weighted by atomic mass is 10.1. The summed E-state index contributed by atoms with van der Waals surface area (Å²) in [5.74, 6) is 0.944.